The van der Waals surface area contributed by atoms with E-state index in [0.29, 0.717) is 0 Å². The Morgan fingerprint density at radius 2 is 1.95 bits per heavy atom. The van der Waals surface area contributed by atoms with Gasteiger partial charge < -0.3 is 15.8 Å². The minimum absolute atomic E-state index is 0.749. The zero-order valence-electron chi connectivity index (χ0n) is 11.2. The van der Waals surface area contributed by atoms with Crippen molar-refractivity contribution in [1.82, 2.24) is 0 Å². The van der Waals surface area contributed by atoms with Crippen molar-refractivity contribution < 1.29 is 4.74 Å². The Bertz CT molecular complexity index is 526. The van der Waals surface area contributed by atoms with E-state index in [1.165, 1.54) is 5.56 Å². The lowest BCUT2D eigenvalue weighted by atomic mass is 10.2. The fourth-order valence-electron chi connectivity index (χ4n) is 1.82. The molecule has 0 aromatic heterocycles. The smallest absolute Gasteiger partial charge is 0.121 e. The van der Waals surface area contributed by atoms with Gasteiger partial charge in [-0.2, -0.15) is 0 Å². The molecule has 0 aliphatic rings. The number of hydrogen-bond donors (Lipinski definition) is 2. The molecule has 0 spiro atoms. The van der Waals surface area contributed by atoms with Crippen molar-refractivity contribution >= 4 is 11.4 Å². The van der Waals surface area contributed by atoms with Crippen LogP contribution in [0.25, 0.3) is 0 Å². The molecular weight excluding hydrogens is 236 g/mol. The van der Waals surface area contributed by atoms with E-state index in [0.717, 1.165) is 36.7 Å². The van der Waals surface area contributed by atoms with Gasteiger partial charge in [-0.05, 0) is 36.2 Å². The molecule has 0 saturated heterocycles. The van der Waals surface area contributed by atoms with Crippen LogP contribution in [0.1, 0.15) is 18.9 Å². The molecule has 2 aromatic rings. The van der Waals surface area contributed by atoms with Crippen LogP contribution in [-0.2, 0) is 6.54 Å². The average molecular weight is 256 g/mol. The highest BCUT2D eigenvalue weighted by Crippen LogP contribution is 2.18. The minimum Gasteiger partial charge on any atom is -0.494 e. The van der Waals surface area contributed by atoms with Crippen molar-refractivity contribution in [2.24, 2.45) is 0 Å². The molecule has 0 aliphatic carbocycles. The van der Waals surface area contributed by atoms with Crippen LogP contribution in [0.2, 0.25) is 0 Å². The highest BCUT2D eigenvalue weighted by Gasteiger charge is 1.97. The summed E-state index contributed by atoms with van der Waals surface area (Å²) >= 11 is 0. The van der Waals surface area contributed by atoms with E-state index in [2.05, 4.69) is 18.3 Å². The Kier molecular flexibility index (Phi) is 4.67. The third-order valence-corrected chi connectivity index (χ3v) is 2.75. The van der Waals surface area contributed by atoms with Crippen LogP contribution < -0.4 is 15.8 Å². The van der Waals surface area contributed by atoms with E-state index < -0.39 is 0 Å². The monoisotopic (exact) mass is 256 g/mol. The molecule has 0 unspecified atom stereocenters. The van der Waals surface area contributed by atoms with Gasteiger partial charge in [0.25, 0.3) is 0 Å². The zero-order chi connectivity index (χ0) is 13.5. The maximum Gasteiger partial charge on any atom is 0.121 e. The molecule has 19 heavy (non-hydrogen) atoms. The number of ether oxygens (including phenoxy) is 1. The Morgan fingerprint density at radius 1 is 1.11 bits per heavy atom. The van der Waals surface area contributed by atoms with Gasteiger partial charge in [0.1, 0.15) is 5.75 Å². The minimum atomic E-state index is 0.749. The second-order valence-electron chi connectivity index (χ2n) is 4.47. The molecule has 0 aliphatic heterocycles. The summed E-state index contributed by atoms with van der Waals surface area (Å²) in [5.41, 5.74) is 8.77. The lowest BCUT2D eigenvalue weighted by Crippen LogP contribution is -2.01. The van der Waals surface area contributed by atoms with Crippen molar-refractivity contribution in [1.29, 1.82) is 0 Å². The molecule has 0 heterocycles. The summed E-state index contributed by atoms with van der Waals surface area (Å²) in [6.45, 7) is 3.60. The fourth-order valence-corrected chi connectivity index (χ4v) is 1.82. The van der Waals surface area contributed by atoms with E-state index in [4.69, 9.17) is 10.5 Å². The maximum atomic E-state index is 5.76. The number of nitrogens with two attached hydrogens (primary N) is 1. The summed E-state index contributed by atoms with van der Waals surface area (Å²) in [6.07, 6.45) is 1.01. The van der Waals surface area contributed by atoms with E-state index in [9.17, 15) is 0 Å². The van der Waals surface area contributed by atoms with Crippen LogP contribution in [0.4, 0.5) is 11.4 Å². The maximum absolute atomic E-state index is 5.76. The highest BCUT2D eigenvalue weighted by molar-refractivity contribution is 5.49. The fraction of sp³-hybridized carbons (Fsp3) is 0.250. The number of anilines is 2. The summed E-state index contributed by atoms with van der Waals surface area (Å²) in [5, 5.41) is 3.37. The number of rotatable bonds is 6. The first-order valence-electron chi connectivity index (χ1n) is 6.59. The number of nitrogens with one attached hydrogen (secondary N) is 1. The third kappa shape index (κ3) is 4.21. The van der Waals surface area contributed by atoms with Gasteiger partial charge in [0.15, 0.2) is 0 Å². The van der Waals surface area contributed by atoms with Crippen molar-refractivity contribution in [3.63, 3.8) is 0 Å². The number of hydrogen-bond acceptors (Lipinski definition) is 3. The Labute approximate surface area is 114 Å². The topological polar surface area (TPSA) is 47.3 Å². The molecule has 0 fully saturated rings. The normalized spacial score (nSPS) is 10.2. The van der Waals surface area contributed by atoms with E-state index >= 15 is 0 Å². The van der Waals surface area contributed by atoms with E-state index in [-0.39, 0.29) is 0 Å². The summed E-state index contributed by atoms with van der Waals surface area (Å²) in [6, 6.07) is 15.9. The second kappa shape index (κ2) is 6.69. The molecule has 0 bridgehead atoms. The summed E-state index contributed by atoms with van der Waals surface area (Å²) < 4.78 is 5.61. The molecule has 0 saturated carbocycles. The molecule has 0 atom stereocenters. The molecule has 3 heteroatoms. The predicted molar refractivity (Wildman–Crippen MR) is 80.4 cm³/mol. The summed E-state index contributed by atoms with van der Waals surface area (Å²) in [7, 11) is 0. The molecule has 2 rings (SSSR count). The molecule has 0 amide bonds. The number of benzene rings is 2. The SMILES string of the molecule is CCCOc1cccc(NCc2cccc(N)c2)c1. The lowest BCUT2D eigenvalue weighted by Gasteiger charge is -2.09. The van der Waals surface area contributed by atoms with Gasteiger partial charge in [0.2, 0.25) is 0 Å². The van der Waals surface area contributed by atoms with E-state index in [1.54, 1.807) is 0 Å². The molecule has 100 valence electrons. The van der Waals surface area contributed by atoms with Crippen LogP contribution in [0.3, 0.4) is 0 Å². The Balaban J connectivity index is 1.95. The Morgan fingerprint density at radius 3 is 2.74 bits per heavy atom. The van der Waals surface area contributed by atoms with Gasteiger partial charge in [-0.15, -0.1) is 0 Å². The Hall–Kier alpha value is -2.16. The van der Waals surface area contributed by atoms with Gasteiger partial charge in [0.05, 0.1) is 6.61 Å². The molecule has 3 N–H and O–H groups in total. The van der Waals surface area contributed by atoms with Gasteiger partial charge >= 0.3 is 0 Å². The molecular formula is C16H20N2O. The van der Waals surface area contributed by atoms with Crippen molar-refractivity contribution in [2.75, 3.05) is 17.7 Å². The standard InChI is InChI=1S/C16H20N2O/c1-2-9-19-16-8-4-7-15(11-16)18-12-13-5-3-6-14(17)10-13/h3-8,10-11,18H,2,9,12,17H2,1H3. The van der Waals surface area contributed by atoms with Crippen molar-refractivity contribution in [3.05, 3.63) is 54.1 Å². The van der Waals surface area contributed by atoms with Gasteiger partial charge in [-0.1, -0.05) is 25.1 Å². The number of nitrogen functional groups attached to an aromatic ring is 1. The predicted octanol–water partition coefficient (Wildman–Crippen LogP) is 3.67. The quantitative estimate of drug-likeness (QED) is 0.775. The van der Waals surface area contributed by atoms with Gasteiger partial charge in [-0.3, -0.25) is 0 Å². The van der Waals surface area contributed by atoms with Crippen LogP contribution in [0, 0.1) is 0 Å². The molecule has 3 nitrogen and oxygen atoms in total. The first-order valence-corrected chi connectivity index (χ1v) is 6.59. The van der Waals surface area contributed by atoms with Gasteiger partial charge in [-0.25, -0.2) is 0 Å². The van der Waals surface area contributed by atoms with Crippen LogP contribution >= 0.6 is 0 Å². The molecule has 0 radical (unpaired) electrons. The van der Waals surface area contributed by atoms with Gasteiger partial charge in [0, 0.05) is 24.0 Å². The first kappa shape index (κ1) is 13.3. The van der Waals surface area contributed by atoms with Crippen molar-refractivity contribution in [3.8, 4) is 5.75 Å². The first-order chi connectivity index (χ1) is 9.28. The van der Waals surface area contributed by atoms with Crippen molar-refractivity contribution in [2.45, 2.75) is 19.9 Å². The van der Waals surface area contributed by atoms with Crippen LogP contribution in [-0.4, -0.2) is 6.61 Å². The van der Waals surface area contributed by atoms with Crippen LogP contribution in [0.5, 0.6) is 5.75 Å². The second-order valence-corrected chi connectivity index (χ2v) is 4.47. The largest absolute Gasteiger partial charge is 0.494 e. The molecule has 2 aromatic carbocycles. The van der Waals surface area contributed by atoms with Crippen LogP contribution in [0.15, 0.2) is 48.5 Å². The summed E-state index contributed by atoms with van der Waals surface area (Å²) in [4.78, 5) is 0. The third-order valence-electron chi connectivity index (χ3n) is 2.75. The zero-order valence-corrected chi connectivity index (χ0v) is 11.2. The summed E-state index contributed by atoms with van der Waals surface area (Å²) in [5.74, 6) is 0.902. The average Bonchev–Trinajstić information content (AvgIpc) is 2.43. The van der Waals surface area contributed by atoms with E-state index in [1.807, 2.05) is 42.5 Å². The highest BCUT2D eigenvalue weighted by atomic mass is 16.5. The lowest BCUT2D eigenvalue weighted by molar-refractivity contribution is 0.317.